The van der Waals surface area contributed by atoms with Gasteiger partial charge in [0.1, 0.15) is 0 Å². The maximum Gasteiger partial charge on any atom is 0.0385 e. The van der Waals surface area contributed by atoms with Crippen molar-refractivity contribution in [1.29, 1.82) is 0 Å². The molecule has 1 aliphatic rings. The zero-order chi connectivity index (χ0) is 5.82. The van der Waals surface area contributed by atoms with Gasteiger partial charge in [-0.1, -0.05) is 6.92 Å². The minimum atomic E-state index is 0.795. The Morgan fingerprint density at radius 1 is 1.75 bits per heavy atom. The van der Waals surface area contributed by atoms with Crippen molar-refractivity contribution in [3.8, 4) is 0 Å². The second kappa shape index (κ2) is 2.85. The summed E-state index contributed by atoms with van der Waals surface area (Å²) in [5, 5.41) is 0. The van der Waals surface area contributed by atoms with Gasteiger partial charge < -0.3 is 0 Å². The van der Waals surface area contributed by atoms with Gasteiger partial charge in [0.05, 0.1) is 0 Å². The van der Waals surface area contributed by atoms with Gasteiger partial charge in [0.2, 0.25) is 0 Å². The van der Waals surface area contributed by atoms with Gasteiger partial charge in [0, 0.05) is 12.8 Å². The molecular formula is C7H13N. The molecule has 1 atom stereocenters. The fourth-order valence-electron chi connectivity index (χ4n) is 1.05. The summed E-state index contributed by atoms with van der Waals surface area (Å²) >= 11 is 0. The molecule has 0 aromatic rings. The maximum atomic E-state index is 4.20. The Balaban J connectivity index is 2.32. The van der Waals surface area contributed by atoms with Gasteiger partial charge in [-0.25, -0.2) is 0 Å². The van der Waals surface area contributed by atoms with Gasteiger partial charge in [-0.3, -0.25) is 4.99 Å². The van der Waals surface area contributed by atoms with Crippen molar-refractivity contribution in [2.24, 2.45) is 10.9 Å². The molecule has 0 aromatic carbocycles. The van der Waals surface area contributed by atoms with Crippen LogP contribution in [0.2, 0.25) is 0 Å². The first-order valence-corrected chi connectivity index (χ1v) is 3.43. The Labute approximate surface area is 50.8 Å². The smallest absolute Gasteiger partial charge is 0.0385 e. The van der Waals surface area contributed by atoms with Crippen LogP contribution < -0.4 is 0 Å². The van der Waals surface area contributed by atoms with Gasteiger partial charge in [-0.05, 0) is 25.2 Å². The van der Waals surface area contributed by atoms with Gasteiger partial charge in [-0.15, -0.1) is 0 Å². The first-order chi connectivity index (χ1) is 3.93. The lowest BCUT2D eigenvalue weighted by atomic mass is 10.00. The molecule has 0 fully saturated rings. The van der Waals surface area contributed by atoms with Crippen LogP contribution in [-0.2, 0) is 0 Å². The molecule has 0 saturated carbocycles. The molecule has 0 amide bonds. The fourth-order valence-corrected chi connectivity index (χ4v) is 1.05. The van der Waals surface area contributed by atoms with Crippen LogP contribution >= 0.6 is 0 Å². The number of hydrogen-bond acceptors (Lipinski definition) is 1. The summed E-state index contributed by atoms with van der Waals surface area (Å²) in [4.78, 5) is 4.20. The zero-order valence-electron chi connectivity index (χ0n) is 5.43. The zero-order valence-corrected chi connectivity index (χ0v) is 5.43. The first kappa shape index (κ1) is 5.80. The molecule has 0 spiro atoms. The molecule has 1 aliphatic heterocycles. The van der Waals surface area contributed by atoms with Crippen molar-refractivity contribution in [2.75, 3.05) is 6.54 Å². The summed E-state index contributed by atoms with van der Waals surface area (Å²) in [7, 11) is 0. The van der Waals surface area contributed by atoms with Gasteiger partial charge in [0.25, 0.3) is 0 Å². The van der Waals surface area contributed by atoms with E-state index in [0.29, 0.717) is 0 Å². The molecule has 1 nitrogen and oxygen atoms in total. The second-order valence-corrected chi connectivity index (χ2v) is 2.37. The Kier molecular flexibility index (Phi) is 2.07. The van der Waals surface area contributed by atoms with Crippen molar-refractivity contribution >= 4 is 6.21 Å². The third kappa shape index (κ3) is 1.32. The van der Waals surface area contributed by atoms with Crippen LogP contribution in [0.4, 0.5) is 0 Å². The summed E-state index contributed by atoms with van der Waals surface area (Å²) in [6.45, 7) is 3.29. The molecule has 1 rings (SSSR count). The Hall–Kier alpha value is -0.330. The summed E-state index contributed by atoms with van der Waals surface area (Å²) in [6.07, 6.45) is 6.04. The van der Waals surface area contributed by atoms with E-state index in [4.69, 9.17) is 0 Å². The van der Waals surface area contributed by atoms with E-state index in [-0.39, 0.29) is 0 Å². The highest BCUT2D eigenvalue weighted by Crippen LogP contribution is 2.11. The highest BCUT2D eigenvalue weighted by Gasteiger charge is 2.04. The van der Waals surface area contributed by atoms with E-state index in [2.05, 4.69) is 18.1 Å². The van der Waals surface area contributed by atoms with E-state index in [1.54, 1.807) is 0 Å². The quantitative estimate of drug-likeness (QED) is 0.490. The molecule has 8 heavy (non-hydrogen) atoms. The molecule has 46 valence electrons. The third-order valence-electron chi connectivity index (χ3n) is 1.70. The van der Waals surface area contributed by atoms with E-state index in [1.807, 2.05) is 0 Å². The average molecular weight is 111 g/mol. The lowest BCUT2D eigenvalue weighted by Crippen LogP contribution is -2.06. The van der Waals surface area contributed by atoms with Crippen LogP contribution in [0.3, 0.4) is 0 Å². The van der Waals surface area contributed by atoms with E-state index < -0.39 is 0 Å². The second-order valence-electron chi connectivity index (χ2n) is 2.37. The Morgan fingerprint density at radius 2 is 2.62 bits per heavy atom. The van der Waals surface area contributed by atoms with Crippen molar-refractivity contribution in [2.45, 2.75) is 26.2 Å². The van der Waals surface area contributed by atoms with Crippen LogP contribution in [0.15, 0.2) is 4.99 Å². The number of nitrogens with zero attached hydrogens (tertiary/aromatic N) is 1. The molecule has 0 radical (unpaired) electrons. The van der Waals surface area contributed by atoms with Crippen molar-refractivity contribution < 1.29 is 0 Å². The summed E-state index contributed by atoms with van der Waals surface area (Å²) in [5.74, 6) is 0.795. The van der Waals surface area contributed by atoms with Crippen LogP contribution in [0.1, 0.15) is 26.2 Å². The third-order valence-corrected chi connectivity index (χ3v) is 1.70. The largest absolute Gasteiger partial charge is 0.297 e. The molecule has 1 heterocycles. The summed E-state index contributed by atoms with van der Waals surface area (Å²) in [5.41, 5.74) is 0. The van der Waals surface area contributed by atoms with Crippen LogP contribution in [-0.4, -0.2) is 12.8 Å². The minimum absolute atomic E-state index is 0.795. The maximum absolute atomic E-state index is 4.20. The SMILES string of the molecule is CCC1C=NCCC1. The predicted octanol–water partition coefficient (Wildman–Crippen LogP) is 1.88. The lowest BCUT2D eigenvalue weighted by molar-refractivity contribution is 0.565. The monoisotopic (exact) mass is 111 g/mol. The molecule has 0 aliphatic carbocycles. The lowest BCUT2D eigenvalue weighted by Gasteiger charge is -2.11. The molecule has 0 bridgehead atoms. The highest BCUT2D eigenvalue weighted by molar-refractivity contribution is 5.61. The van der Waals surface area contributed by atoms with E-state index >= 15 is 0 Å². The standard InChI is InChI=1S/C7H13N/c1-2-7-4-3-5-8-6-7/h6-7H,2-5H2,1H3. The Morgan fingerprint density at radius 3 is 3.00 bits per heavy atom. The van der Waals surface area contributed by atoms with E-state index in [9.17, 15) is 0 Å². The predicted molar refractivity (Wildman–Crippen MR) is 36.4 cm³/mol. The normalized spacial score (nSPS) is 28.4. The Bertz CT molecular complexity index is 86.4. The van der Waals surface area contributed by atoms with Crippen molar-refractivity contribution in [1.82, 2.24) is 0 Å². The summed E-state index contributed by atoms with van der Waals surface area (Å²) < 4.78 is 0. The minimum Gasteiger partial charge on any atom is -0.297 e. The first-order valence-electron chi connectivity index (χ1n) is 3.43. The topological polar surface area (TPSA) is 12.4 Å². The highest BCUT2D eigenvalue weighted by atomic mass is 14.7. The van der Waals surface area contributed by atoms with Gasteiger partial charge >= 0.3 is 0 Å². The molecule has 0 saturated heterocycles. The molecule has 0 aromatic heterocycles. The molecule has 1 unspecified atom stereocenters. The van der Waals surface area contributed by atoms with Crippen LogP contribution in [0.5, 0.6) is 0 Å². The molecule has 1 heteroatoms. The number of aliphatic imine (C=N–C) groups is 1. The van der Waals surface area contributed by atoms with Crippen LogP contribution in [0, 0.1) is 5.92 Å². The van der Waals surface area contributed by atoms with Crippen molar-refractivity contribution in [3.05, 3.63) is 0 Å². The van der Waals surface area contributed by atoms with Gasteiger partial charge in [-0.2, -0.15) is 0 Å². The summed E-state index contributed by atoms with van der Waals surface area (Å²) in [6, 6.07) is 0. The molecular weight excluding hydrogens is 98.1 g/mol. The fraction of sp³-hybridized carbons (Fsp3) is 0.857. The van der Waals surface area contributed by atoms with E-state index in [1.165, 1.54) is 19.3 Å². The number of rotatable bonds is 1. The average Bonchev–Trinajstić information content (AvgIpc) is 1.90. The number of hydrogen-bond donors (Lipinski definition) is 0. The van der Waals surface area contributed by atoms with Gasteiger partial charge in [0.15, 0.2) is 0 Å². The van der Waals surface area contributed by atoms with Crippen LogP contribution in [0.25, 0.3) is 0 Å². The van der Waals surface area contributed by atoms with Crippen molar-refractivity contribution in [3.63, 3.8) is 0 Å². The molecule has 0 N–H and O–H groups in total. The van der Waals surface area contributed by atoms with E-state index in [0.717, 1.165) is 12.5 Å².